The van der Waals surface area contributed by atoms with Gasteiger partial charge in [0.05, 0.1) is 19.2 Å². The number of aryl methyl sites for hydroxylation is 1. The Morgan fingerprint density at radius 3 is 2.27 bits per heavy atom. The van der Waals surface area contributed by atoms with Crippen LogP contribution in [-0.4, -0.2) is 44.2 Å². The van der Waals surface area contributed by atoms with E-state index in [1.165, 1.54) is 19.1 Å². The van der Waals surface area contributed by atoms with Crippen LogP contribution in [0.5, 0.6) is 11.5 Å². The van der Waals surface area contributed by atoms with Gasteiger partial charge in [-0.05, 0) is 73.2 Å². The third kappa shape index (κ3) is 7.89. The number of halogens is 3. The van der Waals surface area contributed by atoms with Crippen molar-refractivity contribution in [1.82, 2.24) is 4.90 Å². The molecule has 1 aromatic heterocycles. The van der Waals surface area contributed by atoms with Crippen molar-refractivity contribution in [3.8, 4) is 22.8 Å². The fourth-order valence-electron chi connectivity index (χ4n) is 4.92. The average molecular weight is 627 g/mol. The number of benzene rings is 3. The number of alkyl halides is 3. The third-order valence-electron chi connectivity index (χ3n) is 7.36. The van der Waals surface area contributed by atoms with Crippen molar-refractivity contribution in [1.29, 1.82) is 0 Å². The number of piperazine rings is 1. The zero-order valence-corrected chi connectivity index (χ0v) is 25.5. The lowest BCUT2D eigenvalue weighted by molar-refractivity contribution is -0.211. The van der Waals surface area contributed by atoms with Crippen LogP contribution in [0.3, 0.4) is 0 Å². The molecule has 0 atom stereocenters. The maximum absolute atomic E-state index is 13.1. The minimum atomic E-state index is -4.40. The number of anilines is 1. The van der Waals surface area contributed by atoms with Gasteiger partial charge in [0.25, 0.3) is 0 Å². The molecule has 2 heterocycles. The van der Waals surface area contributed by atoms with Crippen LogP contribution in [-0.2, 0) is 28.2 Å². The van der Waals surface area contributed by atoms with Gasteiger partial charge in [0.15, 0.2) is 5.75 Å². The van der Waals surface area contributed by atoms with E-state index in [1.54, 1.807) is 24.9 Å². The summed E-state index contributed by atoms with van der Waals surface area (Å²) >= 11 is 1.60. The second kappa shape index (κ2) is 13.7. The number of hydrogen-bond acceptors (Lipinski definition) is 8. The van der Waals surface area contributed by atoms with Gasteiger partial charge < -0.3 is 14.1 Å². The standard InChI is InChI=1S/C33H33F3N2O5S/c1-22-18-29(12-13-30(22)43-42-23(2)39)44-21-25-19-31(24-4-6-26(7-5-24)33(34,35)36)41-32(25)20-37-14-16-38(17-15-37)27-8-10-28(40-3)11-9-27/h4-13,18-19H,14-17,20-21H2,1-3H3. The summed E-state index contributed by atoms with van der Waals surface area (Å²) in [5.74, 6) is 2.64. The molecule has 232 valence electrons. The summed E-state index contributed by atoms with van der Waals surface area (Å²) in [6.07, 6.45) is -4.40. The van der Waals surface area contributed by atoms with Gasteiger partial charge in [-0.25, -0.2) is 4.79 Å². The predicted octanol–water partition coefficient (Wildman–Crippen LogP) is 7.75. The van der Waals surface area contributed by atoms with E-state index in [4.69, 9.17) is 14.0 Å². The van der Waals surface area contributed by atoms with Crippen molar-refractivity contribution in [2.24, 2.45) is 0 Å². The molecule has 1 aliphatic rings. The van der Waals surface area contributed by atoms with Gasteiger partial charge in [0, 0.05) is 60.6 Å². The summed E-state index contributed by atoms with van der Waals surface area (Å²) in [5.41, 5.74) is 2.81. The van der Waals surface area contributed by atoms with E-state index in [-0.39, 0.29) is 0 Å². The highest BCUT2D eigenvalue weighted by Crippen LogP contribution is 2.35. The molecule has 4 aromatic rings. The lowest BCUT2D eigenvalue weighted by Gasteiger charge is -2.35. The summed E-state index contributed by atoms with van der Waals surface area (Å²) in [4.78, 5) is 26.5. The molecule has 0 saturated carbocycles. The van der Waals surface area contributed by atoms with Gasteiger partial charge in [-0.15, -0.1) is 11.8 Å². The van der Waals surface area contributed by atoms with Crippen LogP contribution in [0.15, 0.2) is 82.1 Å². The molecule has 0 unspecified atom stereocenters. The SMILES string of the molecule is COc1ccc(N2CCN(Cc3oc(-c4ccc(C(F)(F)F)cc4)cc3CSc3ccc(OOC(C)=O)c(C)c3)CC2)cc1. The molecule has 0 radical (unpaired) electrons. The first-order chi connectivity index (χ1) is 21.1. The second-order valence-electron chi connectivity index (χ2n) is 10.5. The van der Waals surface area contributed by atoms with Crippen LogP contribution in [0, 0.1) is 6.92 Å². The molecule has 0 spiro atoms. The molecule has 1 fully saturated rings. The molecule has 0 aliphatic carbocycles. The summed E-state index contributed by atoms with van der Waals surface area (Å²) < 4.78 is 51.0. The molecule has 7 nitrogen and oxygen atoms in total. The fourth-order valence-corrected chi connectivity index (χ4v) is 5.91. The summed E-state index contributed by atoms with van der Waals surface area (Å²) in [7, 11) is 1.65. The van der Waals surface area contributed by atoms with Gasteiger partial charge in [0.2, 0.25) is 0 Å². The number of methoxy groups -OCH3 is 1. The first kappa shape index (κ1) is 31.3. The Morgan fingerprint density at radius 1 is 0.955 bits per heavy atom. The van der Waals surface area contributed by atoms with Crippen molar-refractivity contribution >= 4 is 23.4 Å². The molecule has 3 aromatic carbocycles. The van der Waals surface area contributed by atoms with Crippen LogP contribution in [0.25, 0.3) is 11.3 Å². The molecule has 1 aliphatic heterocycles. The number of ether oxygens (including phenoxy) is 1. The molecule has 0 amide bonds. The second-order valence-corrected chi connectivity index (χ2v) is 11.5. The number of thioether (sulfide) groups is 1. The Labute approximate surface area is 258 Å². The van der Waals surface area contributed by atoms with Crippen molar-refractivity contribution in [2.45, 2.75) is 37.2 Å². The zero-order valence-electron chi connectivity index (χ0n) is 24.6. The third-order valence-corrected chi connectivity index (χ3v) is 8.40. The molecular weight excluding hydrogens is 593 g/mol. The number of furan rings is 1. The molecule has 11 heteroatoms. The fraction of sp³-hybridized carbons (Fsp3) is 0.303. The smallest absolute Gasteiger partial charge is 0.416 e. The minimum absolute atomic E-state index is 0.451. The zero-order chi connectivity index (χ0) is 31.3. The first-order valence-electron chi connectivity index (χ1n) is 14.1. The lowest BCUT2D eigenvalue weighted by atomic mass is 10.1. The Bertz CT molecular complexity index is 1560. The van der Waals surface area contributed by atoms with Gasteiger partial charge in [-0.2, -0.15) is 13.2 Å². The van der Waals surface area contributed by atoms with E-state index in [2.05, 4.69) is 26.8 Å². The molecule has 0 N–H and O–H groups in total. The van der Waals surface area contributed by atoms with E-state index in [9.17, 15) is 18.0 Å². The number of carbonyl (C=O) groups excluding carboxylic acids is 1. The van der Waals surface area contributed by atoms with Crippen LogP contribution in [0.1, 0.15) is 29.4 Å². The van der Waals surface area contributed by atoms with E-state index < -0.39 is 17.7 Å². The highest BCUT2D eigenvalue weighted by molar-refractivity contribution is 7.98. The summed E-state index contributed by atoms with van der Waals surface area (Å²) in [6, 6.07) is 20.6. The monoisotopic (exact) mass is 626 g/mol. The Hall–Kier alpha value is -4.09. The molecule has 44 heavy (non-hydrogen) atoms. The predicted molar refractivity (Wildman–Crippen MR) is 163 cm³/mol. The molecule has 1 saturated heterocycles. The largest absolute Gasteiger partial charge is 0.497 e. The minimum Gasteiger partial charge on any atom is -0.497 e. The number of rotatable bonds is 10. The Kier molecular flexibility index (Phi) is 9.75. The Morgan fingerprint density at radius 2 is 1.66 bits per heavy atom. The van der Waals surface area contributed by atoms with Crippen molar-refractivity contribution in [2.75, 3.05) is 38.2 Å². The van der Waals surface area contributed by atoms with Crippen molar-refractivity contribution in [3.05, 3.63) is 95.2 Å². The van der Waals surface area contributed by atoms with Gasteiger partial charge in [-0.1, -0.05) is 12.1 Å². The van der Waals surface area contributed by atoms with E-state index in [1.807, 2.05) is 37.3 Å². The molecule has 0 bridgehead atoms. The Balaban J connectivity index is 1.31. The van der Waals surface area contributed by atoms with Gasteiger partial charge >= 0.3 is 12.1 Å². The maximum Gasteiger partial charge on any atom is 0.416 e. The normalized spacial score (nSPS) is 14.0. The number of hydrogen-bond donors (Lipinski definition) is 0. The van der Waals surface area contributed by atoms with Crippen LogP contribution in [0.4, 0.5) is 18.9 Å². The quantitative estimate of drug-likeness (QED) is 0.101. The van der Waals surface area contributed by atoms with Gasteiger partial charge in [0.1, 0.15) is 17.3 Å². The number of carbonyl (C=O) groups is 1. The number of nitrogens with zero attached hydrogens (tertiary/aromatic N) is 2. The van der Waals surface area contributed by atoms with Crippen LogP contribution >= 0.6 is 11.8 Å². The highest BCUT2D eigenvalue weighted by Gasteiger charge is 2.30. The lowest BCUT2D eigenvalue weighted by Crippen LogP contribution is -2.46. The highest BCUT2D eigenvalue weighted by atomic mass is 32.2. The van der Waals surface area contributed by atoms with Gasteiger partial charge in [-0.3, -0.25) is 14.7 Å². The van der Waals surface area contributed by atoms with Crippen molar-refractivity contribution in [3.63, 3.8) is 0 Å². The van der Waals surface area contributed by atoms with Crippen molar-refractivity contribution < 1.29 is 36.9 Å². The van der Waals surface area contributed by atoms with E-state index >= 15 is 0 Å². The van der Waals surface area contributed by atoms with E-state index in [0.29, 0.717) is 29.4 Å². The van der Waals surface area contributed by atoms with Crippen LogP contribution in [0.2, 0.25) is 0 Å². The van der Waals surface area contributed by atoms with E-state index in [0.717, 1.165) is 71.5 Å². The van der Waals surface area contributed by atoms with Crippen LogP contribution < -0.4 is 14.5 Å². The molecule has 5 rings (SSSR count). The first-order valence-corrected chi connectivity index (χ1v) is 15.1. The topological polar surface area (TPSA) is 64.4 Å². The summed E-state index contributed by atoms with van der Waals surface area (Å²) in [6.45, 7) is 7.08. The average Bonchev–Trinajstić information content (AvgIpc) is 3.42. The summed E-state index contributed by atoms with van der Waals surface area (Å²) in [5, 5.41) is 0. The maximum atomic E-state index is 13.1. The molecular formula is C33H33F3N2O5S.